The fraction of sp³-hybridized carbons (Fsp3) is 0.316. The molecule has 114 valence electrons. The third-order valence-electron chi connectivity index (χ3n) is 4.11. The lowest BCUT2D eigenvalue weighted by atomic mass is 9.85. The average molecular weight is 296 g/mol. The first-order valence-corrected chi connectivity index (χ1v) is 7.36. The van der Waals surface area contributed by atoms with Crippen LogP contribution in [0.5, 0.6) is 5.75 Å². The number of ether oxygens (including phenoxy) is 1. The van der Waals surface area contributed by atoms with E-state index in [-0.39, 0.29) is 11.2 Å². The summed E-state index contributed by atoms with van der Waals surface area (Å²) in [7, 11) is 0. The molecule has 0 atom stereocenters. The number of benzene rings is 1. The second-order valence-corrected chi connectivity index (χ2v) is 6.84. The molecule has 0 radical (unpaired) electrons. The molecule has 1 aromatic carbocycles. The monoisotopic (exact) mass is 296 g/mol. The topological polar surface area (TPSA) is 39.4 Å². The number of fused-ring (bicyclic) bond motifs is 2. The van der Waals surface area contributed by atoms with E-state index in [1.165, 1.54) is 0 Å². The number of rotatable bonds is 2. The smallest absolute Gasteiger partial charge is 0.340 e. The maximum Gasteiger partial charge on any atom is 0.340 e. The lowest BCUT2D eigenvalue weighted by Crippen LogP contribution is -2.27. The molecule has 0 saturated heterocycles. The van der Waals surface area contributed by atoms with Gasteiger partial charge in [0.1, 0.15) is 16.9 Å². The lowest BCUT2D eigenvalue weighted by Gasteiger charge is -2.28. The quantitative estimate of drug-likeness (QED) is 0.607. The normalized spacial score (nSPS) is 16.2. The molecule has 1 aromatic heterocycles. The summed E-state index contributed by atoms with van der Waals surface area (Å²) in [4.78, 5) is 12.3. The molecule has 0 spiro atoms. The summed E-state index contributed by atoms with van der Waals surface area (Å²) in [5, 5.41) is 0.885. The molecule has 0 fully saturated rings. The van der Waals surface area contributed by atoms with Crippen molar-refractivity contribution in [3.8, 4) is 5.75 Å². The predicted octanol–water partition coefficient (Wildman–Crippen LogP) is 4.44. The Labute approximate surface area is 129 Å². The molecule has 0 N–H and O–H groups in total. The maximum atomic E-state index is 12.3. The van der Waals surface area contributed by atoms with Crippen molar-refractivity contribution in [1.29, 1.82) is 0 Å². The fourth-order valence-corrected chi connectivity index (χ4v) is 2.55. The van der Waals surface area contributed by atoms with Crippen molar-refractivity contribution in [2.75, 3.05) is 0 Å². The van der Waals surface area contributed by atoms with E-state index in [4.69, 9.17) is 9.15 Å². The minimum absolute atomic E-state index is 0.331. The molecule has 3 heteroatoms. The predicted molar refractivity (Wildman–Crippen MR) is 89.4 cm³/mol. The molecule has 0 unspecified atom stereocenters. The van der Waals surface area contributed by atoms with Gasteiger partial charge in [-0.1, -0.05) is 26.0 Å². The Kier molecular flexibility index (Phi) is 3.06. The van der Waals surface area contributed by atoms with E-state index in [2.05, 4.69) is 6.58 Å². The van der Waals surface area contributed by atoms with E-state index < -0.39 is 5.41 Å². The standard InChI is InChI=1S/C19H20O3/c1-6-18(2,3)14-10-13-9-12-7-8-19(4,5)22-16(12)11-15(13)21-17(14)20/h6-11H,1H2,2-5H3. The van der Waals surface area contributed by atoms with E-state index in [9.17, 15) is 4.79 Å². The van der Waals surface area contributed by atoms with Crippen LogP contribution in [0, 0.1) is 0 Å². The molecule has 3 rings (SSSR count). The fourth-order valence-electron chi connectivity index (χ4n) is 2.55. The van der Waals surface area contributed by atoms with Crippen LogP contribution in [-0.4, -0.2) is 5.60 Å². The molecule has 0 amide bonds. The third-order valence-corrected chi connectivity index (χ3v) is 4.11. The second kappa shape index (κ2) is 4.60. The van der Waals surface area contributed by atoms with E-state index in [1.54, 1.807) is 12.1 Å². The highest BCUT2D eigenvalue weighted by Crippen LogP contribution is 2.35. The van der Waals surface area contributed by atoms with Crippen molar-refractivity contribution in [3.63, 3.8) is 0 Å². The lowest BCUT2D eigenvalue weighted by molar-refractivity contribution is 0.159. The van der Waals surface area contributed by atoms with Gasteiger partial charge in [-0.25, -0.2) is 4.79 Å². The molecule has 2 heterocycles. The second-order valence-electron chi connectivity index (χ2n) is 6.84. The van der Waals surface area contributed by atoms with Gasteiger partial charge in [-0.15, -0.1) is 6.58 Å². The molecule has 22 heavy (non-hydrogen) atoms. The summed E-state index contributed by atoms with van der Waals surface area (Å²) in [6.45, 7) is 11.7. The van der Waals surface area contributed by atoms with Crippen LogP contribution in [-0.2, 0) is 5.41 Å². The van der Waals surface area contributed by atoms with Crippen molar-refractivity contribution in [1.82, 2.24) is 0 Å². The van der Waals surface area contributed by atoms with Crippen LogP contribution < -0.4 is 10.4 Å². The zero-order valence-corrected chi connectivity index (χ0v) is 13.4. The van der Waals surface area contributed by atoms with Gasteiger partial charge in [0, 0.05) is 28.0 Å². The highest BCUT2D eigenvalue weighted by Gasteiger charge is 2.25. The Hall–Kier alpha value is -2.29. The van der Waals surface area contributed by atoms with E-state index >= 15 is 0 Å². The summed E-state index contributed by atoms with van der Waals surface area (Å²) in [5.41, 5.74) is 1.02. The van der Waals surface area contributed by atoms with Gasteiger partial charge in [-0.3, -0.25) is 0 Å². The number of hydrogen-bond donors (Lipinski definition) is 0. The van der Waals surface area contributed by atoms with Gasteiger partial charge in [0.25, 0.3) is 0 Å². The van der Waals surface area contributed by atoms with E-state index in [0.29, 0.717) is 11.1 Å². The van der Waals surface area contributed by atoms with Crippen molar-refractivity contribution in [3.05, 3.63) is 58.5 Å². The average Bonchev–Trinajstić information content (AvgIpc) is 2.43. The highest BCUT2D eigenvalue weighted by atomic mass is 16.5. The molecular formula is C19H20O3. The van der Waals surface area contributed by atoms with Crippen LogP contribution in [0.15, 0.2) is 46.1 Å². The maximum absolute atomic E-state index is 12.3. The minimum Gasteiger partial charge on any atom is -0.483 e. The molecule has 3 nitrogen and oxygen atoms in total. The summed E-state index contributed by atoms with van der Waals surface area (Å²) in [5.74, 6) is 0.735. The van der Waals surface area contributed by atoms with Gasteiger partial charge in [-0.05, 0) is 32.1 Å². The van der Waals surface area contributed by atoms with Gasteiger partial charge in [0.2, 0.25) is 0 Å². The first kappa shape index (κ1) is 14.6. The van der Waals surface area contributed by atoms with Crippen molar-refractivity contribution < 1.29 is 9.15 Å². The molecule has 2 aromatic rings. The van der Waals surface area contributed by atoms with Crippen molar-refractivity contribution >= 4 is 17.0 Å². The van der Waals surface area contributed by atoms with Gasteiger partial charge in [0.05, 0.1) is 0 Å². The summed E-state index contributed by atoms with van der Waals surface area (Å²) < 4.78 is 11.4. The summed E-state index contributed by atoms with van der Waals surface area (Å²) in [6, 6.07) is 5.67. The minimum atomic E-state index is -0.432. The summed E-state index contributed by atoms with van der Waals surface area (Å²) >= 11 is 0. The Morgan fingerprint density at radius 1 is 1.23 bits per heavy atom. The summed E-state index contributed by atoms with van der Waals surface area (Å²) in [6.07, 6.45) is 5.82. The van der Waals surface area contributed by atoms with Crippen LogP contribution in [0.25, 0.3) is 17.0 Å². The van der Waals surface area contributed by atoms with Gasteiger partial charge < -0.3 is 9.15 Å². The first-order chi connectivity index (χ1) is 10.2. The number of hydrogen-bond acceptors (Lipinski definition) is 3. The highest BCUT2D eigenvalue weighted by molar-refractivity contribution is 5.83. The molecule has 0 saturated carbocycles. The molecule has 1 aliphatic heterocycles. The molecular weight excluding hydrogens is 276 g/mol. The van der Waals surface area contributed by atoms with Crippen molar-refractivity contribution in [2.45, 2.75) is 38.7 Å². The van der Waals surface area contributed by atoms with Gasteiger partial charge in [-0.2, -0.15) is 0 Å². The van der Waals surface area contributed by atoms with Crippen LogP contribution in [0.4, 0.5) is 0 Å². The molecule has 1 aliphatic rings. The van der Waals surface area contributed by atoms with Crippen molar-refractivity contribution in [2.24, 2.45) is 0 Å². The SMILES string of the molecule is C=CC(C)(C)c1cc2cc3c(cc2oc1=O)OC(C)(C)C=C3. The molecule has 0 aliphatic carbocycles. The third kappa shape index (κ3) is 2.37. The van der Waals surface area contributed by atoms with Crippen LogP contribution in [0.1, 0.15) is 38.8 Å². The van der Waals surface area contributed by atoms with Crippen LogP contribution in [0.3, 0.4) is 0 Å². The van der Waals surface area contributed by atoms with Gasteiger partial charge in [0.15, 0.2) is 0 Å². The molecule has 0 bridgehead atoms. The van der Waals surface area contributed by atoms with Gasteiger partial charge >= 0.3 is 5.63 Å². The zero-order valence-electron chi connectivity index (χ0n) is 13.4. The zero-order chi connectivity index (χ0) is 16.1. The van der Waals surface area contributed by atoms with Crippen LogP contribution in [0.2, 0.25) is 0 Å². The number of allylic oxidation sites excluding steroid dienone is 1. The Balaban J connectivity index is 2.24. The largest absolute Gasteiger partial charge is 0.483 e. The van der Waals surface area contributed by atoms with E-state index in [1.807, 2.05) is 52.0 Å². The first-order valence-electron chi connectivity index (χ1n) is 7.36. The Morgan fingerprint density at radius 2 is 1.95 bits per heavy atom. The Morgan fingerprint density at radius 3 is 2.64 bits per heavy atom. The van der Waals surface area contributed by atoms with Crippen LogP contribution >= 0.6 is 0 Å². The van der Waals surface area contributed by atoms with E-state index in [0.717, 1.165) is 16.7 Å². The Bertz CT molecular complexity index is 851.